The first-order valence-corrected chi connectivity index (χ1v) is 9.66. The van der Waals surface area contributed by atoms with Gasteiger partial charge in [0, 0.05) is 27.4 Å². The third-order valence-electron chi connectivity index (χ3n) is 4.10. The van der Waals surface area contributed by atoms with Crippen molar-refractivity contribution in [3.8, 4) is 5.75 Å². The number of carbonyl (C=O) groups excluding carboxylic acids is 2. The number of amides is 2. The van der Waals surface area contributed by atoms with E-state index in [0.29, 0.717) is 27.0 Å². The zero-order valence-electron chi connectivity index (χ0n) is 16.2. The average Bonchev–Trinajstić information content (AvgIpc) is 2.74. The lowest BCUT2D eigenvalue weighted by molar-refractivity contribution is 0.0953. The van der Waals surface area contributed by atoms with Gasteiger partial charge in [-0.25, -0.2) is 9.82 Å². The molecular weight excluding hydrogens is 444 g/mol. The molecule has 0 aliphatic heterocycles. The number of nitrogens with one attached hydrogen (secondary N) is 2. The lowest BCUT2D eigenvalue weighted by atomic mass is 10.1. The van der Waals surface area contributed by atoms with Gasteiger partial charge in [-0.05, 0) is 54.6 Å². The molecular formula is C22H16Cl2FN3O3. The number of methoxy groups -OCH3 is 1. The summed E-state index contributed by atoms with van der Waals surface area (Å²) in [5, 5.41) is 7.27. The molecule has 31 heavy (non-hydrogen) atoms. The Morgan fingerprint density at radius 3 is 2.45 bits per heavy atom. The number of hydrazone groups is 1. The van der Waals surface area contributed by atoms with Gasteiger partial charge in [0.05, 0.1) is 18.3 Å². The Hall–Kier alpha value is -3.42. The summed E-state index contributed by atoms with van der Waals surface area (Å²) in [4.78, 5) is 24.7. The quantitative estimate of drug-likeness (QED) is 0.394. The molecule has 0 atom stereocenters. The minimum Gasteiger partial charge on any atom is -0.495 e. The van der Waals surface area contributed by atoms with Crippen LogP contribution >= 0.6 is 23.2 Å². The van der Waals surface area contributed by atoms with Gasteiger partial charge in [0.2, 0.25) is 0 Å². The zero-order valence-corrected chi connectivity index (χ0v) is 17.7. The summed E-state index contributed by atoms with van der Waals surface area (Å²) in [6.07, 6.45) is 1.36. The molecule has 0 radical (unpaired) electrons. The SMILES string of the molecule is COc1c(Cl)cc(Cl)cc1/C=N\NC(=O)c1cccc(NC(=O)c2ccc(F)cc2)c1. The number of rotatable bonds is 6. The molecule has 2 N–H and O–H groups in total. The number of ether oxygens (including phenoxy) is 1. The second kappa shape index (κ2) is 10.1. The lowest BCUT2D eigenvalue weighted by Crippen LogP contribution is -2.18. The van der Waals surface area contributed by atoms with Crippen LogP contribution in [0.1, 0.15) is 26.3 Å². The monoisotopic (exact) mass is 459 g/mol. The van der Waals surface area contributed by atoms with E-state index < -0.39 is 17.6 Å². The topological polar surface area (TPSA) is 79.8 Å². The predicted molar refractivity (Wildman–Crippen MR) is 119 cm³/mol. The second-order valence-electron chi connectivity index (χ2n) is 6.25. The Balaban J connectivity index is 1.68. The highest BCUT2D eigenvalue weighted by Crippen LogP contribution is 2.31. The fraction of sp³-hybridized carbons (Fsp3) is 0.0455. The Bertz CT molecular complexity index is 1150. The average molecular weight is 460 g/mol. The van der Waals surface area contributed by atoms with Crippen molar-refractivity contribution in [3.05, 3.63) is 93.2 Å². The first-order chi connectivity index (χ1) is 14.9. The van der Waals surface area contributed by atoms with Crippen molar-refractivity contribution in [1.82, 2.24) is 5.43 Å². The van der Waals surface area contributed by atoms with E-state index in [-0.39, 0.29) is 11.1 Å². The summed E-state index contributed by atoms with van der Waals surface area (Å²) in [5.41, 5.74) is 3.83. The van der Waals surface area contributed by atoms with Crippen LogP contribution in [-0.4, -0.2) is 25.1 Å². The van der Waals surface area contributed by atoms with Gasteiger partial charge < -0.3 is 10.1 Å². The highest BCUT2D eigenvalue weighted by atomic mass is 35.5. The molecule has 0 aliphatic rings. The van der Waals surface area contributed by atoms with Gasteiger partial charge in [0.25, 0.3) is 11.8 Å². The highest BCUT2D eigenvalue weighted by Gasteiger charge is 2.11. The number of hydrogen-bond acceptors (Lipinski definition) is 4. The standard InChI is InChI=1S/C22H16Cl2FN3O3/c1-31-20-15(9-16(23)11-19(20)24)12-26-28-22(30)14-3-2-4-18(10-14)27-21(29)13-5-7-17(25)8-6-13/h2-12H,1H3,(H,27,29)(H,28,30)/b26-12-. The van der Waals surface area contributed by atoms with Crippen LogP contribution in [0.3, 0.4) is 0 Å². The molecule has 158 valence electrons. The molecule has 3 aromatic rings. The fourth-order valence-electron chi connectivity index (χ4n) is 2.66. The minimum atomic E-state index is -0.499. The Morgan fingerprint density at radius 1 is 1.00 bits per heavy atom. The molecule has 3 aromatic carbocycles. The maximum Gasteiger partial charge on any atom is 0.271 e. The van der Waals surface area contributed by atoms with Crippen LogP contribution < -0.4 is 15.5 Å². The van der Waals surface area contributed by atoms with Crippen LogP contribution in [-0.2, 0) is 0 Å². The summed E-state index contributed by atoms with van der Waals surface area (Å²) in [6.45, 7) is 0. The van der Waals surface area contributed by atoms with Crippen molar-refractivity contribution in [2.24, 2.45) is 5.10 Å². The molecule has 6 nitrogen and oxygen atoms in total. The van der Waals surface area contributed by atoms with Crippen molar-refractivity contribution in [1.29, 1.82) is 0 Å². The maximum absolute atomic E-state index is 13.0. The van der Waals surface area contributed by atoms with Crippen molar-refractivity contribution in [2.45, 2.75) is 0 Å². The number of hydrogen-bond donors (Lipinski definition) is 2. The molecule has 3 rings (SSSR count). The molecule has 0 saturated heterocycles. The van der Waals surface area contributed by atoms with E-state index in [1.807, 2.05) is 0 Å². The molecule has 0 fully saturated rings. The van der Waals surface area contributed by atoms with Crippen LogP contribution in [0.15, 0.2) is 65.8 Å². The number of halogens is 3. The lowest BCUT2D eigenvalue weighted by Gasteiger charge is -2.08. The number of anilines is 1. The Kier molecular flexibility index (Phi) is 7.23. The van der Waals surface area contributed by atoms with Crippen LogP contribution in [0, 0.1) is 5.82 Å². The molecule has 0 aromatic heterocycles. The predicted octanol–water partition coefficient (Wildman–Crippen LogP) is 5.16. The molecule has 0 bridgehead atoms. The molecule has 0 saturated carbocycles. The molecule has 9 heteroatoms. The van der Waals surface area contributed by atoms with Gasteiger partial charge in [-0.3, -0.25) is 9.59 Å². The van der Waals surface area contributed by atoms with Gasteiger partial charge in [0.15, 0.2) is 0 Å². The van der Waals surface area contributed by atoms with Crippen LogP contribution in [0.5, 0.6) is 5.75 Å². The molecule has 2 amide bonds. The van der Waals surface area contributed by atoms with Gasteiger partial charge in [-0.2, -0.15) is 5.10 Å². The van der Waals surface area contributed by atoms with Gasteiger partial charge in [0.1, 0.15) is 11.6 Å². The van der Waals surface area contributed by atoms with Crippen molar-refractivity contribution < 1.29 is 18.7 Å². The van der Waals surface area contributed by atoms with Gasteiger partial charge >= 0.3 is 0 Å². The number of benzene rings is 3. The fourth-order valence-corrected chi connectivity index (χ4v) is 3.25. The number of nitrogens with zero attached hydrogens (tertiary/aromatic N) is 1. The molecule has 0 heterocycles. The summed E-state index contributed by atoms with van der Waals surface area (Å²) in [7, 11) is 1.46. The van der Waals surface area contributed by atoms with Crippen molar-refractivity contribution in [3.63, 3.8) is 0 Å². The Morgan fingerprint density at radius 2 is 1.74 bits per heavy atom. The summed E-state index contributed by atoms with van der Waals surface area (Å²) in [5.74, 6) is -0.996. The third-order valence-corrected chi connectivity index (χ3v) is 4.60. The van der Waals surface area contributed by atoms with E-state index in [2.05, 4.69) is 15.8 Å². The van der Waals surface area contributed by atoms with E-state index in [1.54, 1.807) is 24.3 Å². The van der Waals surface area contributed by atoms with Gasteiger partial charge in [-0.1, -0.05) is 29.3 Å². The highest BCUT2D eigenvalue weighted by molar-refractivity contribution is 6.36. The third kappa shape index (κ3) is 5.81. The largest absolute Gasteiger partial charge is 0.495 e. The summed E-state index contributed by atoms with van der Waals surface area (Å²) < 4.78 is 18.2. The van der Waals surface area contributed by atoms with E-state index >= 15 is 0 Å². The Labute approximate surface area is 187 Å². The second-order valence-corrected chi connectivity index (χ2v) is 7.09. The molecule has 0 aliphatic carbocycles. The zero-order chi connectivity index (χ0) is 22.4. The normalized spacial score (nSPS) is 10.7. The van der Waals surface area contributed by atoms with Crippen LogP contribution in [0.2, 0.25) is 10.0 Å². The summed E-state index contributed by atoms with van der Waals surface area (Å²) >= 11 is 12.1. The molecule has 0 unspecified atom stereocenters. The van der Waals surface area contributed by atoms with Gasteiger partial charge in [-0.15, -0.1) is 0 Å². The van der Waals surface area contributed by atoms with E-state index in [4.69, 9.17) is 27.9 Å². The minimum absolute atomic E-state index is 0.269. The first kappa shape index (κ1) is 22.3. The maximum atomic E-state index is 13.0. The van der Waals surface area contributed by atoms with Crippen molar-refractivity contribution >= 4 is 46.9 Å². The first-order valence-electron chi connectivity index (χ1n) is 8.91. The molecule has 0 spiro atoms. The van der Waals surface area contributed by atoms with E-state index in [0.717, 1.165) is 0 Å². The van der Waals surface area contributed by atoms with Crippen LogP contribution in [0.25, 0.3) is 0 Å². The van der Waals surface area contributed by atoms with Crippen molar-refractivity contribution in [2.75, 3.05) is 12.4 Å². The number of carbonyl (C=O) groups is 2. The summed E-state index contributed by atoms with van der Waals surface area (Å²) in [6, 6.07) is 14.5. The van der Waals surface area contributed by atoms with E-state index in [1.165, 1.54) is 49.7 Å². The van der Waals surface area contributed by atoms with E-state index in [9.17, 15) is 14.0 Å². The smallest absolute Gasteiger partial charge is 0.271 e. The van der Waals surface area contributed by atoms with Crippen LogP contribution in [0.4, 0.5) is 10.1 Å².